The predicted molar refractivity (Wildman–Crippen MR) is 78.0 cm³/mol. The molecule has 1 fully saturated rings. The van der Waals surface area contributed by atoms with E-state index in [0.717, 1.165) is 18.4 Å². The van der Waals surface area contributed by atoms with E-state index in [1.807, 2.05) is 0 Å². The van der Waals surface area contributed by atoms with E-state index in [1.165, 1.54) is 6.07 Å². The summed E-state index contributed by atoms with van der Waals surface area (Å²) >= 11 is 3.13. The predicted octanol–water partition coefficient (Wildman–Crippen LogP) is 2.20. The molecule has 1 aliphatic rings. The molecule has 2 amide bonds. The Balaban J connectivity index is 1.67. The highest BCUT2D eigenvalue weighted by Crippen LogP contribution is 2.44. The molecule has 0 atom stereocenters. The van der Waals surface area contributed by atoms with Gasteiger partial charge in [-0.1, -0.05) is 6.07 Å². The molecule has 1 aromatic carbocycles. The van der Waals surface area contributed by atoms with Crippen LogP contribution in [0.15, 0.2) is 22.7 Å². The van der Waals surface area contributed by atoms with E-state index in [2.05, 4.69) is 26.6 Å². The van der Waals surface area contributed by atoms with Crippen molar-refractivity contribution < 1.29 is 14.3 Å². The van der Waals surface area contributed by atoms with Crippen LogP contribution in [0.4, 0.5) is 9.18 Å². The van der Waals surface area contributed by atoms with Crippen LogP contribution in [0.25, 0.3) is 0 Å². The highest BCUT2D eigenvalue weighted by Gasteiger charge is 2.42. The van der Waals surface area contributed by atoms with Crippen LogP contribution in [-0.2, 0) is 6.42 Å². The molecule has 0 aliphatic heterocycles. The van der Waals surface area contributed by atoms with Gasteiger partial charge in [0.2, 0.25) is 0 Å². The van der Waals surface area contributed by atoms with Gasteiger partial charge in [-0.05, 0) is 52.9 Å². The number of rotatable bonds is 6. The molecular weight excluding hydrogens is 327 g/mol. The molecule has 0 spiro atoms. The van der Waals surface area contributed by atoms with Gasteiger partial charge in [-0.15, -0.1) is 0 Å². The molecule has 0 heterocycles. The fourth-order valence-corrected chi connectivity index (χ4v) is 2.34. The number of amides is 2. The molecule has 6 heteroatoms. The Kier molecular flexibility index (Phi) is 4.99. The molecule has 0 radical (unpaired) electrons. The summed E-state index contributed by atoms with van der Waals surface area (Å²) in [7, 11) is 0. The van der Waals surface area contributed by atoms with Crippen molar-refractivity contribution in [3.63, 3.8) is 0 Å². The van der Waals surface area contributed by atoms with Crippen LogP contribution in [-0.4, -0.2) is 30.8 Å². The molecule has 20 heavy (non-hydrogen) atoms. The maximum Gasteiger partial charge on any atom is 0.314 e. The minimum atomic E-state index is -0.293. The molecule has 110 valence electrons. The van der Waals surface area contributed by atoms with Crippen molar-refractivity contribution in [2.45, 2.75) is 19.3 Å². The van der Waals surface area contributed by atoms with E-state index in [4.69, 9.17) is 5.11 Å². The van der Waals surface area contributed by atoms with E-state index >= 15 is 0 Å². The monoisotopic (exact) mass is 344 g/mol. The fourth-order valence-electron chi connectivity index (χ4n) is 1.91. The molecule has 1 aliphatic carbocycles. The Morgan fingerprint density at radius 2 is 2.15 bits per heavy atom. The summed E-state index contributed by atoms with van der Waals surface area (Å²) < 4.78 is 13.5. The molecule has 3 N–H and O–H groups in total. The van der Waals surface area contributed by atoms with Crippen LogP contribution >= 0.6 is 15.9 Å². The van der Waals surface area contributed by atoms with Gasteiger partial charge in [0.25, 0.3) is 0 Å². The van der Waals surface area contributed by atoms with E-state index in [-0.39, 0.29) is 23.9 Å². The third kappa shape index (κ3) is 4.18. The number of hydrogen-bond donors (Lipinski definition) is 3. The van der Waals surface area contributed by atoms with Gasteiger partial charge >= 0.3 is 6.03 Å². The number of halogens is 2. The first-order valence-corrected chi connectivity index (χ1v) is 7.40. The Labute approximate surface area is 125 Å². The first-order chi connectivity index (χ1) is 9.54. The van der Waals surface area contributed by atoms with Crippen LogP contribution in [0.2, 0.25) is 0 Å². The molecule has 0 aromatic heterocycles. The minimum absolute atomic E-state index is 0.0842. The molecule has 0 saturated heterocycles. The van der Waals surface area contributed by atoms with Gasteiger partial charge in [0, 0.05) is 18.5 Å². The van der Waals surface area contributed by atoms with Crippen LogP contribution in [0, 0.1) is 11.2 Å². The summed E-state index contributed by atoms with van der Waals surface area (Å²) in [5, 5.41) is 14.6. The summed E-state index contributed by atoms with van der Waals surface area (Å²) in [6, 6.07) is 4.58. The van der Waals surface area contributed by atoms with Crippen LogP contribution in [0.1, 0.15) is 18.4 Å². The zero-order chi connectivity index (χ0) is 14.6. The number of nitrogens with one attached hydrogen (secondary N) is 2. The Bertz CT molecular complexity index is 492. The quantitative estimate of drug-likeness (QED) is 0.740. The SMILES string of the molecule is O=C(NCCc1ccc(F)c(Br)c1)NCC1(CO)CC1. The molecule has 2 rings (SSSR count). The normalized spacial score (nSPS) is 15.8. The van der Waals surface area contributed by atoms with Crippen molar-refractivity contribution in [3.8, 4) is 0 Å². The standard InChI is InChI=1S/C14H18BrFN2O2/c15-11-7-10(1-2-12(11)16)3-6-17-13(20)18-8-14(9-19)4-5-14/h1-2,7,19H,3-6,8-9H2,(H2,17,18,20). The highest BCUT2D eigenvalue weighted by molar-refractivity contribution is 9.10. The molecular formula is C14H18BrFN2O2. The number of aliphatic hydroxyl groups excluding tert-OH is 1. The topological polar surface area (TPSA) is 61.4 Å². The summed E-state index contributed by atoms with van der Waals surface area (Å²) in [4.78, 5) is 11.6. The van der Waals surface area contributed by atoms with E-state index in [9.17, 15) is 9.18 Å². The second-order valence-corrected chi connectivity index (χ2v) is 6.12. The number of carbonyl (C=O) groups excluding carboxylic acids is 1. The first kappa shape index (κ1) is 15.3. The van der Waals surface area contributed by atoms with Gasteiger partial charge in [0.1, 0.15) is 5.82 Å². The van der Waals surface area contributed by atoms with Crippen LogP contribution < -0.4 is 10.6 Å². The van der Waals surface area contributed by atoms with Crippen molar-refractivity contribution in [2.24, 2.45) is 5.41 Å². The lowest BCUT2D eigenvalue weighted by Gasteiger charge is -2.13. The Morgan fingerprint density at radius 1 is 1.40 bits per heavy atom. The molecule has 0 unspecified atom stereocenters. The van der Waals surface area contributed by atoms with Gasteiger partial charge in [-0.3, -0.25) is 0 Å². The maximum atomic E-state index is 13.1. The number of hydrogen-bond acceptors (Lipinski definition) is 2. The molecule has 1 aromatic rings. The average molecular weight is 345 g/mol. The largest absolute Gasteiger partial charge is 0.396 e. The Morgan fingerprint density at radius 3 is 2.75 bits per heavy atom. The number of aliphatic hydroxyl groups is 1. The van der Waals surface area contributed by atoms with Crippen molar-refractivity contribution in [3.05, 3.63) is 34.1 Å². The zero-order valence-electron chi connectivity index (χ0n) is 11.1. The average Bonchev–Trinajstić information content (AvgIpc) is 3.21. The highest BCUT2D eigenvalue weighted by atomic mass is 79.9. The van der Waals surface area contributed by atoms with E-state index < -0.39 is 0 Å². The lowest BCUT2D eigenvalue weighted by atomic mass is 10.1. The summed E-state index contributed by atoms with van der Waals surface area (Å²) in [6.45, 7) is 1.12. The smallest absolute Gasteiger partial charge is 0.314 e. The second-order valence-electron chi connectivity index (χ2n) is 5.27. The third-order valence-corrected chi connectivity index (χ3v) is 4.21. The third-order valence-electron chi connectivity index (χ3n) is 3.60. The molecule has 1 saturated carbocycles. The minimum Gasteiger partial charge on any atom is -0.396 e. The summed E-state index contributed by atoms with van der Waals surface area (Å²) in [5.41, 5.74) is 0.867. The van der Waals surface area contributed by atoms with Crippen molar-refractivity contribution >= 4 is 22.0 Å². The first-order valence-electron chi connectivity index (χ1n) is 6.61. The number of carbonyl (C=O) groups is 1. The zero-order valence-corrected chi connectivity index (χ0v) is 12.7. The molecule has 0 bridgehead atoms. The summed E-state index contributed by atoms with van der Waals surface area (Å²) in [5.74, 6) is -0.293. The molecule has 4 nitrogen and oxygen atoms in total. The van der Waals surface area contributed by atoms with Crippen molar-refractivity contribution in [1.29, 1.82) is 0 Å². The van der Waals surface area contributed by atoms with E-state index in [1.54, 1.807) is 12.1 Å². The lowest BCUT2D eigenvalue weighted by Crippen LogP contribution is -2.40. The van der Waals surface area contributed by atoms with E-state index in [0.29, 0.717) is 24.0 Å². The van der Waals surface area contributed by atoms with Crippen LogP contribution in [0.3, 0.4) is 0 Å². The maximum absolute atomic E-state index is 13.1. The van der Waals surface area contributed by atoms with Gasteiger partial charge in [-0.25, -0.2) is 9.18 Å². The summed E-state index contributed by atoms with van der Waals surface area (Å²) in [6.07, 6.45) is 2.57. The Hall–Kier alpha value is -1.14. The van der Waals surface area contributed by atoms with Gasteiger partial charge in [0.15, 0.2) is 0 Å². The lowest BCUT2D eigenvalue weighted by molar-refractivity contribution is 0.203. The van der Waals surface area contributed by atoms with Crippen molar-refractivity contribution in [2.75, 3.05) is 19.7 Å². The number of benzene rings is 1. The van der Waals surface area contributed by atoms with Crippen molar-refractivity contribution in [1.82, 2.24) is 10.6 Å². The van der Waals surface area contributed by atoms with Crippen LogP contribution in [0.5, 0.6) is 0 Å². The van der Waals surface area contributed by atoms with Gasteiger partial charge < -0.3 is 15.7 Å². The second kappa shape index (κ2) is 6.54. The van der Waals surface area contributed by atoms with Gasteiger partial charge in [0.05, 0.1) is 11.1 Å². The fraction of sp³-hybridized carbons (Fsp3) is 0.500. The van der Waals surface area contributed by atoms with Gasteiger partial charge in [-0.2, -0.15) is 0 Å². The number of urea groups is 1.